The zero-order valence-corrected chi connectivity index (χ0v) is 15.8. The van der Waals surface area contributed by atoms with Crippen LogP contribution in [0.2, 0.25) is 5.02 Å². The first-order valence-corrected chi connectivity index (χ1v) is 9.98. The number of nitrogens with zero attached hydrogens (tertiary/aromatic N) is 2. The van der Waals surface area contributed by atoms with Gasteiger partial charge >= 0.3 is 0 Å². The van der Waals surface area contributed by atoms with Crippen LogP contribution in [-0.4, -0.2) is 54.5 Å². The van der Waals surface area contributed by atoms with Crippen LogP contribution in [0.25, 0.3) is 0 Å². The number of hydrogen-bond donors (Lipinski definition) is 1. The van der Waals surface area contributed by atoms with Gasteiger partial charge in [0.25, 0.3) is 0 Å². The summed E-state index contributed by atoms with van der Waals surface area (Å²) in [7, 11) is 0. The molecule has 2 N–H and O–H groups in total. The summed E-state index contributed by atoms with van der Waals surface area (Å²) >= 11 is 6.02. The van der Waals surface area contributed by atoms with E-state index in [9.17, 15) is 4.79 Å². The average molecular weight is 364 g/mol. The van der Waals surface area contributed by atoms with E-state index in [-0.39, 0.29) is 5.91 Å². The molecule has 1 aliphatic carbocycles. The quantitative estimate of drug-likeness (QED) is 0.894. The fourth-order valence-corrected chi connectivity index (χ4v) is 4.41. The highest BCUT2D eigenvalue weighted by molar-refractivity contribution is 6.30. The standard InChI is InChI=1S/C20H30ClN3O/c21-18-6-1-4-16(12-18)14-20(25)24-9-3-8-23(10-11-24)15-17-5-2-7-19(22)13-17/h1,4,6,12,17,19H,2-3,5,7-11,13-15,22H2/t17-,19+/m1/s1. The van der Waals surface area contributed by atoms with Crippen LogP contribution in [0.4, 0.5) is 0 Å². The predicted octanol–water partition coefficient (Wildman–Crippen LogP) is 2.93. The average Bonchev–Trinajstić information content (AvgIpc) is 2.80. The van der Waals surface area contributed by atoms with Crippen molar-refractivity contribution >= 4 is 17.5 Å². The van der Waals surface area contributed by atoms with E-state index in [1.54, 1.807) is 0 Å². The maximum atomic E-state index is 12.6. The second kappa shape index (κ2) is 9.02. The molecular formula is C20H30ClN3O. The van der Waals surface area contributed by atoms with E-state index >= 15 is 0 Å². The van der Waals surface area contributed by atoms with E-state index in [1.807, 2.05) is 29.2 Å². The Labute approximate surface area is 156 Å². The highest BCUT2D eigenvalue weighted by Crippen LogP contribution is 2.24. The fourth-order valence-electron chi connectivity index (χ4n) is 4.20. The number of amides is 1. The first-order valence-electron chi connectivity index (χ1n) is 9.60. The Kier molecular flexibility index (Phi) is 6.74. The van der Waals surface area contributed by atoms with Crippen LogP contribution in [-0.2, 0) is 11.2 Å². The van der Waals surface area contributed by atoms with E-state index in [0.717, 1.165) is 57.0 Å². The van der Waals surface area contributed by atoms with Gasteiger partial charge < -0.3 is 15.5 Å². The maximum absolute atomic E-state index is 12.6. The molecule has 4 nitrogen and oxygen atoms in total. The predicted molar refractivity (Wildman–Crippen MR) is 103 cm³/mol. The molecule has 0 radical (unpaired) electrons. The Bertz CT molecular complexity index is 580. The lowest BCUT2D eigenvalue weighted by Gasteiger charge is -2.31. The van der Waals surface area contributed by atoms with Gasteiger partial charge in [-0.05, 0) is 55.8 Å². The van der Waals surface area contributed by atoms with Crippen molar-refractivity contribution in [3.8, 4) is 0 Å². The third-order valence-corrected chi connectivity index (χ3v) is 5.76. The van der Waals surface area contributed by atoms with Crippen LogP contribution >= 0.6 is 11.6 Å². The second-order valence-electron chi connectivity index (χ2n) is 7.63. The molecule has 1 saturated carbocycles. The molecule has 3 rings (SSSR count). The molecule has 2 aliphatic rings. The molecule has 2 fully saturated rings. The molecule has 0 aromatic heterocycles. The molecular weight excluding hydrogens is 334 g/mol. The van der Waals surface area contributed by atoms with Crippen molar-refractivity contribution in [3.05, 3.63) is 34.9 Å². The normalized spacial score (nSPS) is 25.6. The number of carbonyl (C=O) groups is 1. The van der Waals surface area contributed by atoms with Gasteiger partial charge in [-0.3, -0.25) is 4.79 Å². The lowest BCUT2D eigenvalue weighted by molar-refractivity contribution is -0.130. The van der Waals surface area contributed by atoms with Crippen LogP contribution in [0.5, 0.6) is 0 Å². The monoisotopic (exact) mass is 363 g/mol. The highest BCUT2D eigenvalue weighted by Gasteiger charge is 2.24. The van der Waals surface area contributed by atoms with Crippen molar-refractivity contribution in [3.63, 3.8) is 0 Å². The second-order valence-corrected chi connectivity index (χ2v) is 8.07. The molecule has 1 heterocycles. The first kappa shape index (κ1) is 18.7. The number of rotatable bonds is 4. The fraction of sp³-hybridized carbons (Fsp3) is 0.650. The van der Waals surface area contributed by atoms with Crippen LogP contribution in [0.1, 0.15) is 37.7 Å². The zero-order valence-electron chi connectivity index (χ0n) is 15.0. The third-order valence-electron chi connectivity index (χ3n) is 5.53. The molecule has 1 amide bonds. The highest BCUT2D eigenvalue weighted by atomic mass is 35.5. The zero-order chi connectivity index (χ0) is 17.6. The van der Waals surface area contributed by atoms with Crippen molar-refractivity contribution < 1.29 is 4.79 Å². The van der Waals surface area contributed by atoms with E-state index in [0.29, 0.717) is 17.5 Å². The number of carbonyl (C=O) groups excluding carboxylic acids is 1. The summed E-state index contributed by atoms with van der Waals surface area (Å²) in [6.45, 7) is 4.90. The molecule has 1 aromatic carbocycles. The summed E-state index contributed by atoms with van der Waals surface area (Å²) in [5.74, 6) is 0.946. The van der Waals surface area contributed by atoms with E-state index in [1.165, 1.54) is 19.3 Å². The summed E-state index contributed by atoms with van der Waals surface area (Å²) in [5, 5.41) is 0.693. The molecule has 0 bridgehead atoms. The lowest BCUT2D eigenvalue weighted by Crippen LogP contribution is -2.39. The molecule has 5 heteroatoms. The van der Waals surface area contributed by atoms with Gasteiger partial charge in [-0.15, -0.1) is 0 Å². The SMILES string of the molecule is N[C@H]1CCC[C@@H](CN2CCCN(C(=O)Cc3cccc(Cl)c3)CC2)C1. The van der Waals surface area contributed by atoms with Crippen molar-refractivity contribution in [2.24, 2.45) is 11.7 Å². The largest absolute Gasteiger partial charge is 0.341 e. The minimum absolute atomic E-state index is 0.212. The molecule has 1 aliphatic heterocycles. The lowest BCUT2D eigenvalue weighted by atomic mass is 9.86. The van der Waals surface area contributed by atoms with Gasteiger partial charge in [-0.1, -0.05) is 30.2 Å². The Morgan fingerprint density at radius 2 is 2.04 bits per heavy atom. The van der Waals surface area contributed by atoms with Crippen LogP contribution < -0.4 is 5.73 Å². The minimum atomic E-state index is 0.212. The molecule has 2 atom stereocenters. The number of hydrogen-bond acceptors (Lipinski definition) is 3. The van der Waals surface area contributed by atoms with Gasteiger partial charge in [0.2, 0.25) is 5.91 Å². The van der Waals surface area contributed by atoms with Crippen molar-refractivity contribution in [2.75, 3.05) is 32.7 Å². The van der Waals surface area contributed by atoms with Crippen molar-refractivity contribution in [1.82, 2.24) is 9.80 Å². The maximum Gasteiger partial charge on any atom is 0.227 e. The summed E-state index contributed by atoms with van der Waals surface area (Å²) in [5.41, 5.74) is 7.12. The van der Waals surface area contributed by atoms with Crippen molar-refractivity contribution in [2.45, 2.75) is 44.6 Å². The van der Waals surface area contributed by atoms with Gasteiger partial charge in [-0.25, -0.2) is 0 Å². The molecule has 1 saturated heterocycles. The molecule has 0 spiro atoms. The number of nitrogens with two attached hydrogens (primary N) is 1. The Morgan fingerprint density at radius 1 is 1.16 bits per heavy atom. The molecule has 1 aromatic rings. The van der Waals surface area contributed by atoms with Crippen LogP contribution in [0.3, 0.4) is 0 Å². The summed E-state index contributed by atoms with van der Waals surface area (Å²) < 4.78 is 0. The van der Waals surface area contributed by atoms with E-state index in [4.69, 9.17) is 17.3 Å². The van der Waals surface area contributed by atoms with E-state index in [2.05, 4.69) is 4.90 Å². The van der Waals surface area contributed by atoms with Gasteiger partial charge in [0, 0.05) is 37.2 Å². The van der Waals surface area contributed by atoms with Gasteiger partial charge in [0.1, 0.15) is 0 Å². The smallest absolute Gasteiger partial charge is 0.227 e. The molecule has 0 unspecified atom stereocenters. The van der Waals surface area contributed by atoms with Crippen LogP contribution in [0.15, 0.2) is 24.3 Å². The molecule has 25 heavy (non-hydrogen) atoms. The first-order chi connectivity index (χ1) is 12.1. The Balaban J connectivity index is 1.48. The Morgan fingerprint density at radius 3 is 2.84 bits per heavy atom. The summed E-state index contributed by atoms with van der Waals surface area (Å²) in [4.78, 5) is 17.2. The third kappa shape index (κ3) is 5.70. The van der Waals surface area contributed by atoms with Gasteiger partial charge in [-0.2, -0.15) is 0 Å². The minimum Gasteiger partial charge on any atom is -0.341 e. The summed E-state index contributed by atoms with van der Waals surface area (Å²) in [6.07, 6.45) is 6.42. The topological polar surface area (TPSA) is 49.6 Å². The summed E-state index contributed by atoms with van der Waals surface area (Å²) in [6, 6.07) is 8.00. The number of halogens is 1. The molecule has 138 valence electrons. The van der Waals surface area contributed by atoms with E-state index < -0.39 is 0 Å². The van der Waals surface area contributed by atoms with Gasteiger partial charge in [0.05, 0.1) is 6.42 Å². The van der Waals surface area contributed by atoms with Gasteiger partial charge in [0.15, 0.2) is 0 Å². The van der Waals surface area contributed by atoms with Crippen LogP contribution in [0, 0.1) is 5.92 Å². The number of benzene rings is 1. The van der Waals surface area contributed by atoms with Crippen molar-refractivity contribution in [1.29, 1.82) is 0 Å². The Hall–Kier alpha value is -1.10.